The molecule has 1 fully saturated rings. The van der Waals surface area contributed by atoms with Crippen LogP contribution in [-0.2, 0) is 6.54 Å². The minimum absolute atomic E-state index is 0.561. The molecule has 1 aliphatic heterocycles. The van der Waals surface area contributed by atoms with Gasteiger partial charge in [0.15, 0.2) is 0 Å². The highest BCUT2D eigenvalue weighted by atomic mass is 15.1. The third-order valence-electron chi connectivity index (χ3n) is 4.45. The van der Waals surface area contributed by atoms with E-state index in [9.17, 15) is 0 Å². The van der Waals surface area contributed by atoms with Gasteiger partial charge in [0, 0.05) is 19.0 Å². The Morgan fingerprint density at radius 2 is 2.25 bits per heavy atom. The number of piperidine rings is 1. The summed E-state index contributed by atoms with van der Waals surface area (Å²) in [5.74, 6) is 2.40. The minimum atomic E-state index is 0.561. The van der Waals surface area contributed by atoms with Crippen molar-refractivity contribution in [2.75, 3.05) is 13.1 Å². The Kier molecular flexibility index (Phi) is 3.79. The number of nitrogens with one attached hydrogen (secondary N) is 1. The molecular formula is C17H25N3. The van der Waals surface area contributed by atoms with E-state index in [1.165, 1.54) is 35.3 Å². The van der Waals surface area contributed by atoms with Crippen LogP contribution in [0.25, 0.3) is 11.0 Å². The molecule has 20 heavy (non-hydrogen) atoms. The second-order valence-electron chi connectivity index (χ2n) is 6.16. The largest absolute Gasteiger partial charge is 0.328 e. The molecule has 1 atom stereocenters. The molecule has 2 aromatic rings. The van der Waals surface area contributed by atoms with Gasteiger partial charge in [-0.3, -0.25) is 0 Å². The Labute approximate surface area is 121 Å². The average molecular weight is 271 g/mol. The third-order valence-corrected chi connectivity index (χ3v) is 4.45. The first-order valence-corrected chi connectivity index (χ1v) is 7.91. The van der Waals surface area contributed by atoms with Crippen molar-refractivity contribution >= 4 is 11.0 Å². The molecule has 3 heteroatoms. The number of fused-ring (bicyclic) bond motifs is 1. The van der Waals surface area contributed by atoms with E-state index in [1.807, 2.05) is 0 Å². The molecular weight excluding hydrogens is 246 g/mol. The number of hydrogen-bond donors (Lipinski definition) is 1. The van der Waals surface area contributed by atoms with Crippen molar-refractivity contribution in [3.05, 3.63) is 29.6 Å². The summed E-state index contributed by atoms with van der Waals surface area (Å²) in [5.41, 5.74) is 3.84. The van der Waals surface area contributed by atoms with Crippen LogP contribution in [0.15, 0.2) is 18.2 Å². The van der Waals surface area contributed by atoms with Crippen molar-refractivity contribution < 1.29 is 0 Å². The molecule has 0 bridgehead atoms. The molecule has 1 aliphatic rings. The van der Waals surface area contributed by atoms with Gasteiger partial charge in [0.2, 0.25) is 0 Å². The quantitative estimate of drug-likeness (QED) is 0.923. The number of nitrogens with zero attached hydrogens (tertiary/aromatic N) is 2. The summed E-state index contributed by atoms with van der Waals surface area (Å²) < 4.78 is 2.40. The van der Waals surface area contributed by atoms with Crippen LogP contribution < -0.4 is 5.32 Å². The van der Waals surface area contributed by atoms with Gasteiger partial charge in [-0.2, -0.15) is 0 Å². The number of rotatable bonds is 3. The van der Waals surface area contributed by atoms with Crippen LogP contribution in [0.3, 0.4) is 0 Å². The van der Waals surface area contributed by atoms with Gasteiger partial charge in [-0.15, -0.1) is 0 Å². The minimum Gasteiger partial charge on any atom is -0.328 e. The monoisotopic (exact) mass is 271 g/mol. The van der Waals surface area contributed by atoms with Crippen LogP contribution in [0.4, 0.5) is 0 Å². The fourth-order valence-corrected chi connectivity index (χ4v) is 3.24. The van der Waals surface area contributed by atoms with E-state index in [1.54, 1.807) is 0 Å². The van der Waals surface area contributed by atoms with Gasteiger partial charge in [0.1, 0.15) is 5.82 Å². The molecule has 0 saturated carbocycles. The summed E-state index contributed by atoms with van der Waals surface area (Å²) in [6.07, 6.45) is 2.52. The molecule has 108 valence electrons. The normalized spacial score (nSPS) is 19.9. The van der Waals surface area contributed by atoms with Crippen LogP contribution >= 0.6 is 0 Å². The van der Waals surface area contributed by atoms with Crippen LogP contribution in [0.1, 0.15) is 56.8 Å². The second kappa shape index (κ2) is 5.57. The van der Waals surface area contributed by atoms with Crippen LogP contribution in [0, 0.1) is 0 Å². The first kappa shape index (κ1) is 13.6. The summed E-state index contributed by atoms with van der Waals surface area (Å²) >= 11 is 0. The van der Waals surface area contributed by atoms with Crippen LogP contribution in [0.2, 0.25) is 0 Å². The van der Waals surface area contributed by atoms with Gasteiger partial charge in [0.25, 0.3) is 0 Å². The summed E-state index contributed by atoms with van der Waals surface area (Å²) in [5, 5.41) is 3.51. The third kappa shape index (κ3) is 2.35. The molecule has 1 unspecified atom stereocenters. The lowest BCUT2D eigenvalue weighted by Gasteiger charge is -2.22. The van der Waals surface area contributed by atoms with Crippen molar-refractivity contribution in [2.24, 2.45) is 0 Å². The SMILES string of the molecule is CCn1c(C2CCCNC2)nc2cc(C(C)C)ccc21. The molecule has 1 aromatic heterocycles. The highest BCUT2D eigenvalue weighted by Gasteiger charge is 2.21. The standard InChI is InChI=1S/C17H25N3/c1-4-20-16-8-7-13(12(2)3)10-15(16)19-17(20)14-6-5-9-18-11-14/h7-8,10,12,14,18H,4-6,9,11H2,1-3H3. The molecule has 1 saturated heterocycles. The smallest absolute Gasteiger partial charge is 0.114 e. The maximum Gasteiger partial charge on any atom is 0.114 e. The lowest BCUT2D eigenvalue weighted by molar-refractivity contribution is 0.436. The molecule has 1 aromatic carbocycles. The van der Waals surface area contributed by atoms with Gasteiger partial charge in [-0.1, -0.05) is 19.9 Å². The maximum absolute atomic E-state index is 4.97. The summed E-state index contributed by atoms with van der Waals surface area (Å²) in [6.45, 7) is 9.93. The Hall–Kier alpha value is -1.35. The molecule has 3 nitrogen and oxygen atoms in total. The van der Waals surface area contributed by atoms with Gasteiger partial charge in [0.05, 0.1) is 11.0 Å². The lowest BCUT2D eigenvalue weighted by Crippen LogP contribution is -2.30. The molecule has 0 radical (unpaired) electrons. The van der Waals surface area contributed by atoms with Crippen LogP contribution in [-0.4, -0.2) is 22.6 Å². The number of aromatic nitrogens is 2. The molecule has 3 rings (SSSR count). The zero-order chi connectivity index (χ0) is 14.1. The number of imidazole rings is 1. The van der Waals surface area contributed by atoms with Gasteiger partial charge in [-0.05, 0) is 49.9 Å². The van der Waals surface area contributed by atoms with Crippen molar-refractivity contribution in [2.45, 2.75) is 52.0 Å². The van der Waals surface area contributed by atoms with Crippen molar-refractivity contribution in [1.82, 2.24) is 14.9 Å². The topological polar surface area (TPSA) is 29.9 Å². The highest BCUT2D eigenvalue weighted by molar-refractivity contribution is 5.77. The fraction of sp³-hybridized carbons (Fsp3) is 0.588. The van der Waals surface area contributed by atoms with Crippen molar-refractivity contribution in [3.8, 4) is 0 Å². The van der Waals surface area contributed by atoms with E-state index < -0.39 is 0 Å². The van der Waals surface area contributed by atoms with Gasteiger partial charge in [-0.25, -0.2) is 4.98 Å². The van der Waals surface area contributed by atoms with Gasteiger partial charge >= 0.3 is 0 Å². The van der Waals surface area contributed by atoms with Crippen LogP contribution in [0.5, 0.6) is 0 Å². The maximum atomic E-state index is 4.97. The van der Waals surface area contributed by atoms with Crippen molar-refractivity contribution in [3.63, 3.8) is 0 Å². The van der Waals surface area contributed by atoms with E-state index in [0.29, 0.717) is 11.8 Å². The van der Waals surface area contributed by atoms with E-state index in [-0.39, 0.29) is 0 Å². The Morgan fingerprint density at radius 3 is 2.90 bits per heavy atom. The number of aryl methyl sites for hydroxylation is 1. The Morgan fingerprint density at radius 1 is 1.40 bits per heavy atom. The van der Waals surface area contributed by atoms with Crippen molar-refractivity contribution in [1.29, 1.82) is 0 Å². The fourth-order valence-electron chi connectivity index (χ4n) is 3.24. The second-order valence-corrected chi connectivity index (χ2v) is 6.16. The zero-order valence-electron chi connectivity index (χ0n) is 12.8. The Balaban J connectivity index is 2.07. The highest BCUT2D eigenvalue weighted by Crippen LogP contribution is 2.28. The van der Waals surface area contributed by atoms with E-state index in [2.05, 4.69) is 48.9 Å². The molecule has 0 amide bonds. The van der Waals surface area contributed by atoms with E-state index in [0.717, 1.165) is 19.6 Å². The molecule has 0 aliphatic carbocycles. The summed E-state index contributed by atoms with van der Waals surface area (Å²) in [7, 11) is 0. The lowest BCUT2D eigenvalue weighted by atomic mass is 9.99. The van der Waals surface area contributed by atoms with E-state index >= 15 is 0 Å². The number of benzene rings is 1. The molecule has 1 N–H and O–H groups in total. The zero-order valence-corrected chi connectivity index (χ0v) is 12.8. The summed E-state index contributed by atoms with van der Waals surface area (Å²) in [6, 6.07) is 6.77. The predicted molar refractivity (Wildman–Crippen MR) is 84.3 cm³/mol. The summed E-state index contributed by atoms with van der Waals surface area (Å²) in [4.78, 5) is 4.97. The first-order chi connectivity index (χ1) is 9.70. The molecule has 0 spiro atoms. The first-order valence-electron chi connectivity index (χ1n) is 7.91. The predicted octanol–water partition coefficient (Wildman–Crippen LogP) is 3.65. The van der Waals surface area contributed by atoms with Gasteiger partial charge < -0.3 is 9.88 Å². The van der Waals surface area contributed by atoms with E-state index in [4.69, 9.17) is 4.98 Å². The number of hydrogen-bond acceptors (Lipinski definition) is 2. The Bertz CT molecular complexity index is 592. The average Bonchev–Trinajstić information content (AvgIpc) is 2.85. The molecule has 2 heterocycles.